The van der Waals surface area contributed by atoms with Crippen LogP contribution >= 0.6 is 11.6 Å². The quantitative estimate of drug-likeness (QED) is 0.206. The van der Waals surface area contributed by atoms with Gasteiger partial charge in [-0.15, -0.1) is 0 Å². The maximum Gasteiger partial charge on any atom is 0.417 e. The van der Waals surface area contributed by atoms with Crippen molar-refractivity contribution in [1.82, 2.24) is 19.5 Å². The number of carboxylic acid groups (broad SMARTS) is 1. The minimum atomic E-state index is -4.67. The number of hydrogen-bond acceptors (Lipinski definition) is 7. The molecule has 2 heterocycles. The number of rotatable bonds is 8. The highest BCUT2D eigenvalue weighted by molar-refractivity contribution is 6.31. The molecular formula is C24H20ClF3N8O4. The molecule has 0 bridgehead atoms. The van der Waals surface area contributed by atoms with Crippen LogP contribution in [-0.4, -0.2) is 48.6 Å². The smallest absolute Gasteiger partial charge is 0.417 e. The highest BCUT2D eigenvalue weighted by Gasteiger charge is 2.33. The maximum absolute atomic E-state index is 13.1. The molecule has 0 aliphatic heterocycles. The summed E-state index contributed by atoms with van der Waals surface area (Å²) >= 11 is 5.60. The van der Waals surface area contributed by atoms with E-state index in [1.807, 2.05) is 0 Å². The predicted molar refractivity (Wildman–Crippen MR) is 139 cm³/mol. The molecule has 12 nitrogen and oxygen atoms in total. The lowest BCUT2D eigenvalue weighted by Gasteiger charge is -2.12. The number of aromatic nitrogens is 4. The number of halogens is 4. The third kappa shape index (κ3) is 6.62. The first-order valence-electron chi connectivity index (χ1n) is 11.4. The number of anilines is 3. The van der Waals surface area contributed by atoms with Gasteiger partial charge in [0.05, 0.1) is 10.6 Å². The van der Waals surface area contributed by atoms with Crippen molar-refractivity contribution in [2.75, 3.05) is 16.0 Å². The second kappa shape index (κ2) is 11.5. The molecule has 6 N–H and O–H groups in total. The molecule has 2 aromatic carbocycles. The molecule has 0 aliphatic carbocycles. The molecule has 0 saturated heterocycles. The van der Waals surface area contributed by atoms with Crippen LogP contribution < -0.4 is 21.7 Å². The second-order valence-corrected chi connectivity index (χ2v) is 8.77. The summed E-state index contributed by atoms with van der Waals surface area (Å²) in [5.41, 5.74) is 5.82. The molecule has 4 rings (SSSR count). The minimum Gasteiger partial charge on any atom is -0.480 e. The van der Waals surface area contributed by atoms with Crippen LogP contribution in [0.25, 0.3) is 16.9 Å². The topological polar surface area (TPSA) is 177 Å². The molecule has 1 unspecified atom stereocenters. The molecule has 40 heavy (non-hydrogen) atoms. The molecular weight excluding hydrogens is 557 g/mol. The SMILES string of the molecule is NC(CCC(=O)Nc1ncnc2c1ncn2-c1ccc(NC(=O)Nc2ccc(Cl)c(C(F)(F)F)c2)cc1)C(=O)O. The Labute approximate surface area is 228 Å². The van der Waals surface area contributed by atoms with Crippen LogP contribution in [0.1, 0.15) is 18.4 Å². The molecule has 4 aromatic rings. The van der Waals surface area contributed by atoms with E-state index in [-0.39, 0.29) is 29.9 Å². The van der Waals surface area contributed by atoms with Gasteiger partial charge in [-0.05, 0) is 48.9 Å². The first kappa shape index (κ1) is 28.3. The Balaban J connectivity index is 1.43. The summed E-state index contributed by atoms with van der Waals surface area (Å²) in [6.07, 6.45) is -2.20. The van der Waals surface area contributed by atoms with Crippen molar-refractivity contribution in [1.29, 1.82) is 0 Å². The van der Waals surface area contributed by atoms with Crippen molar-refractivity contribution >= 4 is 57.9 Å². The van der Waals surface area contributed by atoms with Crippen LogP contribution in [0.3, 0.4) is 0 Å². The third-order valence-corrected chi connectivity index (χ3v) is 5.85. The van der Waals surface area contributed by atoms with Gasteiger partial charge in [-0.1, -0.05) is 11.6 Å². The summed E-state index contributed by atoms with van der Waals surface area (Å²) in [5.74, 6) is -1.57. The number of hydrogen-bond donors (Lipinski definition) is 5. The van der Waals surface area contributed by atoms with Crippen molar-refractivity contribution < 1.29 is 32.7 Å². The van der Waals surface area contributed by atoms with Gasteiger partial charge < -0.3 is 26.8 Å². The predicted octanol–water partition coefficient (Wildman–Crippen LogP) is 4.26. The fourth-order valence-electron chi connectivity index (χ4n) is 3.54. The number of nitrogens with zero attached hydrogens (tertiary/aromatic N) is 4. The fraction of sp³-hybridized carbons (Fsp3) is 0.167. The van der Waals surface area contributed by atoms with E-state index in [4.69, 9.17) is 22.4 Å². The fourth-order valence-corrected chi connectivity index (χ4v) is 3.76. The summed E-state index contributed by atoms with van der Waals surface area (Å²) in [4.78, 5) is 47.9. The monoisotopic (exact) mass is 576 g/mol. The van der Waals surface area contributed by atoms with Crippen LogP contribution in [0.4, 0.5) is 35.2 Å². The average molecular weight is 577 g/mol. The van der Waals surface area contributed by atoms with E-state index in [0.29, 0.717) is 17.0 Å². The van der Waals surface area contributed by atoms with Gasteiger partial charge >= 0.3 is 18.2 Å². The van der Waals surface area contributed by atoms with E-state index in [1.165, 1.54) is 18.7 Å². The van der Waals surface area contributed by atoms with Gasteiger partial charge in [-0.2, -0.15) is 13.2 Å². The summed E-state index contributed by atoms with van der Waals surface area (Å²) < 4.78 is 40.8. The largest absolute Gasteiger partial charge is 0.480 e. The highest BCUT2D eigenvalue weighted by Crippen LogP contribution is 2.36. The van der Waals surface area contributed by atoms with Crippen LogP contribution in [0.15, 0.2) is 55.1 Å². The molecule has 3 amide bonds. The maximum atomic E-state index is 13.1. The van der Waals surface area contributed by atoms with Crippen LogP contribution in [0.2, 0.25) is 5.02 Å². The van der Waals surface area contributed by atoms with E-state index in [2.05, 4.69) is 30.9 Å². The molecule has 0 saturated carbocycles. The number of amides is 3. The van der Waals surface area contributed by atoms with E-state index in [9.17, 15) is 27.6 Å². The molecule has 16 heteroatoms. The second-order valence-electron chi connectivity index (χ2n) is 8.36. The Kier molecular flexibility index (Phi) is 8.16. The van der Waals surface area contributed by atoms with Crippen molar-refractivity contribution in [3.05, 3.63) is 65.7 Å². The van der Waals surface area contributed by atoms with Crippen molar-refractivity contribution in [2.45, 2.75) is 25.1 Å². The number of benzene rings is 2. The number of fused-ring (bicyclic) bond motifs is 1. The Morgan fingerprint density at radius 1 is 1.00 bits per heavy atom. The number of carbonyl (C=O) groups excluding carboxylic acids is 2. The molecule has 0 radical (unpaired) electrons. The van der Waals surface area contributed by atoms with Gasteiger partial charge in [0.2, 0.25) is 5.91 Å². The zero-order valence-corrected chi connectivity index (χ0v) is 21.0. The van der Waals surface area contributed by atoms with E-state index in [1.54, 1.807) is 28.8 Å². The lowest BCUT2D eigenvalue weighted by atomic mass is 10.1. The number of alkyl halides is 3. The number of imidazole rings is 1. The standard InChI is InChI=1S/C24H20ClF3N8O4/c25-16-6-3-13(9-15(16)24(26,27)28)34-23(40)33-12-1-4-14(5-2-12)36-11-32-19-20(30-10-31-21(19)36)35-18(37)8-7-17(29)22(38)39/h1-6,9-11,17H,7-8,29H2,(H,38,39)(H2,33,34,40)(H,30,31,35,37). The normalized spacial score (nSPS) is 12.1. The Morgan fingerprint density at radius 2 is 1.68 bits per heavy atom. The van der Waals surface area contributed by atoms with Gasteiger partial charge in [-0.3, -0.25) is 14.2 Å². The number of nitrogens with one attached hydrogen (secondary N) is 3. The average Bonchev–Trinajstić information content (AvgIpc) is 3.33. The van der Waals surface area contributed by atoms with Crippen LogP contribution in [0, 0.1) is 0 Å². The van der Waals surface area contributed by atoms with Gasteiger partial charge in [0.15, 0.2) is 17.0 Å². The van der Waals surface area contributed by atoms with Crippen LogP contribution in [-0.2, 0) is 15.8 Å². The van der Waals surface area contributed by atoms with Gasteiger partial charge in [0.25, 0.3) is 0 Å². The Morgan fingerprint density at radius 3 is 2.35 bits per heavy atom. The number of nitrogens with two attached hydrogens (primary N) is 1. The summed E-state index contributed by atoms with van der Waals surface area (Å²) in [6, 6.07) is 7.46. The number of carbonyl (C=O) groups is 3. The lowest BCUT2D eigenvalue weighted by molar-refractivity contribution is -0.139. The molecule has 0 fully saturated rings. The number of aliphatic carboxylic acids is 1. The lowest BCUT2D eigenvalue weighted by Crippen LogP contribution is -2.31. The van der Waals surface area contributed by atoms with Crippen molar-refractivity contribution in [3.8, 4) is 5.69 Å². The minimum absolute atomic E-state index is 0.0590. The molecule has 1 atom stereocenters. The van der Waals surface area contributed by atoms with E-state index < -0.39 is 40.7 Å². The zero-order valence-electron chi connectivity index (χ0n) is 20.2. The summed E-state index contributed by atoms with van der Waals surface area (Å²) in [7, 11) is 0. The molecule has 208 valence electrons. The molecule has 2 aromatic heterocycles. The number of urea groups is 1. The highest BCUT2D eigenvalue weighted by atomic mass is 35.5. The van der Waals surface area contributed by atoms with Crippen LogP contribution in [0.5, 0.6) is 0 Å². The van der Waals surface area contributed by atoms with Gasteiger partial charge in [-0.25, -0.2) is 19.7 Å². The van der Waals surface area contributed by atoms with Gasteiger partial charge in [0.1, 0.15) is 18.7 Å². The van der Waals surface area contributed by atoms with Gasteiger partial charge in [0, 0.05) is 23.5 Å². The summed E-state index contributed by atoms with van der Waals surface area (Å²) in [5, 5.41) is 15.8. The molecule has 0 spiro atoms. The van der Waals surface area contributed by atoms with Crippen molar-refractivity contribution in [2.24, 2.45) is 5.73 Å². The molecule has 0 aliphatic rings. The first-order valence-corrected chi connectivity index (χ1v) is 11.8. The number of carboxylic acids is 1. The zero-order chi connectivity index (χ0) is 29.0. The summed E-state index contributed by atoms with van der Waals surface area (Å²) in [6.45, 7) is 0. The van der Waals surface area contributed by atoms with E-state index >= 15 is 0 Å². The third-order valence-electron chi connectivity index (χ3n) is 5.52. The Bertz CT molecular complexity index is 1580. The van der Waals surface area contributed by atoms with E-state index in [0.717, 1.165) is 12.1 Å². The Hall–Kier alpha value is -4.76. The first-order chi connectivity index (χ1) is 18.9. The van der Waals surface area contributed by atoms with Crippen molar-refractivity contribution in [3.63, 3.8) is 0 Å².